The molecule has 0 rings (SSSR count). The second-order valence-corrected chi connectivity index (χ2v) is 19.2. The Morgan fingerprint density at radius 1 is 0.300 bits per heavy atom. The molecule has 0 aliphatic carbocycles. The van der Waals surface area contributed by atoms with E-state index in [2.05, 4.69) is 112 Å². The average molecular weight is 974 g/mol. The number of esters is 3. The standard InChI is InChI=1S/C64H108O6/c1-4-7-10-13-16-19-22-25-28-31-32-34-36-39-42-45-48-51-54-57-63(66)69-60-61(59-68-62(65)56-53-50-47-44-41-38-35-30-27-24-21-18-15-12-9-6-3)70-64(67)58-55-52-49-46-43-40-37-33-29-26-23-20-17-14-11-8-5-2/h7,10,16-17,19-20,25-26,28-29,32,34,39,42,48,51,61H,4-6,8-9,11-15,18,21-24,27,30-31,33,35-38,40-41,43-47,49-50,52-60H2,1-3H3/b10-7-,19-16-,20-17-,28-25-,29-26-,34-32-,42-39-,51-48-/t61-/m1/s1. The van der Waals surface area contributed by atoms with Crippen molar-refractivity contribution < 1.29 is 28.6 Å². The zero-order valence-electron chi connectivity index (χ0n) is 45.8. The van der Waals surface area contributed by atoms with Crippen molar-refractivity contribution in [3.05, 3.63) is 97.2 Å². The molecule has 0 amide bonds. The van der Waals surface area contributed by atoms with Crippen LogP contribution in [-0.2, 0) is 28.6 Å². The Hall–Kier alpha value is -3.67. The van der Waals surface area contributed by atoms with Crippen molar-refractivity contribution in [3.8, 4) is 0 Å². The van der Waals surface area contributed by atoms with Crippen LogP contribution in [0.3, 0.4) is 0 Å². The molecule has 6 nitrogen and oxygen atoms in total. The lowest BCUT2D eigenvalue weighted by atomic mass is 10.0. The van der Waals surface area contributed by atoms with Gasteiger partial charge in [0.2, 0.25) is 0 Å². The van der Waals surface area contributed by atoms with Crippen molar-refractivity contribution in [3.63, 3.8) is 0 Å². The van der Waals surface area contributed by atoms with Crippen LogP contribution in [0.4, 0.5) is 0 Å². The molecule has 0 aromatic rings. The van der Waals surface area contributed by atoms with E-state index in [1.807, 2.05) is 6.08 Å². The Morgan fingerprint density at radius 2 is 0.586 bits per heavy atom. The first-order valence-corrected chi connectivity index (χ1v) is 29.2. The van der Waals surface area contributed by atoms with Gasteiger partial charge in [-0.05, 0) is 89.9 Å². The number of allylic oxidation sites excluding steroid dienone is 16. The molecule has 0 N–H and O–H groups in total. The highest BCUT2D eigenvalue weighted by molar-refractivity contribution is 5.71. The van der Waals surface area contributed by atoms with Gasteiger partial charge in [0.1, 0.15) is 13.2 Å². The summed E-state index contributed by atoms with van der Waals surface area (Å²) in [7, 11) is 0. The van der Waals surface area contributed by atoms with Gasteiger partial charge in [0.05, 0.1) is 0 Å². The van der Waals surface area contributed by atoms with Crippen molar-refractivity contribution in [2.75, 3.05) is 13.2 Å². The number of hydrogen-bond acceptors (Lipinski definition) is 6. The molecule has 0 bridgehead atoms. The van der Waals surface area contributed by atoms with Gasteiger partial charge >= 0.3 is 17.9 Å². The third-order valence-corrected chi connectivity index (χ3v) is 12.3. The number of ether oxygens (including phenoxy) is 3. The molecule has 0 aromatic heterocycles. The van der Waals surface area contributed by atoms with Crippen LogP contribution in [0.1, 0.15) is 271 Å². The van der Waals surface area contributed by atoms with Crippen LogP contribution in [0, 0.1) is 0 Å². The topological polar surface area (TPSA) is 78.9 Å². The van der Waals surface area contributed by atoms with Crippen LogP contribution in [0.2, 0.25) is 0 Å². The molecule has 70 heavy (non-hydrogen) atoms. The predicted molar refractivity (Wildman–Crippen MR) is 302 cm³/mol. The van der Waals surface area contributed by atoms with Crippen molar-refractivity contribution in [1.29, 1.82) is 0 Å². The predicted octanol–water partition coefficient (Wildman–Crippen LogP) is 19.7. The van der Waals surface area contributed by atoms with Gasteiger partial charge in [-0.1, -0.05) is 259 Å². The molecule has 0 radical (unpaired) electrons. The first kappa shape index (κ1) is 66.3. The molecular formula is C64H108O6. The van der Waals surface area contributed by atoms with Gasteiger partial charge in [-0.2, -0.15) is 0 Å². The van der Waals surface area contributed by atoms with Crippen molar-refractivity contribution in [2.45, 2.75) is 277 Å². The maximum absolute atomic E-state index is 12.9. The lowest BCUT2D eigenvalue weighted by Gasteiger charge is -2.18. The molecule has 0 aliphatic rings. The molecule has 1 atom stereocenters. The van der Waals surface area contributed by atoms with Crippen molar-refractivity contribution in [1.82, 2.24) is 0 Å². The summed E-state index contributed by atoms with van der Waals surface area (Å²) in [6.07, 6.45) is 76.9. The van der Waals surface area contributed by atoms with E-state index >= 15 is 0 Å². The molecule has 0 saturated heterocycles. The second kappa shape index (κ2) is 57.9. The largest absolute Gasteiger partial charge is 0.462 e. The lowest BCUT2D eigenvalue weighted by Crippen LogP contribution is -2.30. The van der Waals surface area contributed by atoms with E-state index in [4.69, 9.17) is 14.2 Å². The summed E-state index contributed by atoms with van der Waals surface area (Å²) in [5.41, 5.74) is 0. The summed E-state index contributed by atoms with van der Waals surface area (Å²) in [4.78, 5) is 38.2. The normalized spacial score (nSPS) is 12.8. The fourth-order valence-electron chi connectivity index (χ4n) is 7.97. The molecule has 0 spiro atoms. The first-order chi connectivity index (χ1) is 34.5. The zero-order chi connectivity index (χ0) is 50.7. The highest BCUT2D eigenvalue weighted by atomic mass is 16.6. The molecule has 0 aromatic carbocycles. The Kier molecular flexibility index (Phi) is 54.9. The van der Waals surface area contributed by atoms with E-state index in [-0.39, 0.29) is 37.5 Å². The summed E-state index contributed by atoms with van der Waals surface area (Å²) < 4.78 is 16.8. The van der Waals surface area contributed by atoms with E-state index < -0.39 is 6.10 Å². The van der Waals surface area contributed by atoms with Gasteiger partial charge in [-0.3, -0.25) is 14.4 Å². The van der Waals surface area contributed by atoms with Crippen LogP contribution in [0.15, 0.2) is 97.2 Å². The van der Waals surface area contributed by atoms with Gasteiger partial charge < -0.3 is 14.2 Å². The Labute approximate surface area is 432 Å². The summed E-state index contributed by atoms with van der Waals surface area (Å²) in [6.45, 7) is 6.45. The summed E-state index contributed by atoms with van der Waals surface area (Å²) in [5.74, 6) is -0.992. The van der Waals surface area contributed by atoms with Gasteiger partial charge in [-0.15, -0.1) is 0 Å². The smallest absolute Gasteiger partial charge is 0.306 e. The molecule has 0 heterocycles. The number of carbonyl (C=O) groups excluding carboxylic acids is 3. The van der Waals surface area contributed by atoms with Gasteiger partial charge in [-0.25, -0.2) is 0 Å². The zero-order valence-corrected chi connectivity index (χ0v) is 45.8. The monoisotopic (exact) mass is 973 g/mol. The van der Waals surface area contributed by atoms with E-state index in [0.717, 1.165) is 89.9 Å². The summed E-state index contributed by atoms with van der Waals surface area (Å²) in [6, 6.07) is 0. The van der Waals surface area contributed by atoms with E-state index in [1.54, 1.807) is 0 Å². The summed E-state index contributed by atoms with van der Waals surface area (Å²) in [5, 5.41) is 0. The molecular weight excluding hydrogens is 865 g/mol. The maximum Gasteiger partial charge on any atom is 0.306 e. The number of unbranched alkanes of at least 4 members (excludes halogenated alkanes) is 25. The average Bonchev–Trinajstić information content (AvgIpc) is 3.36. The first-order valence-electron chi connectivity index (χ1n) is 29.2. The minimum Gasteiger partial charge on any atom is -0.462 e. The third-order valence-electron chi connectivity index (χ3n) is 12.3. The number of carbonyl (C=O) groups is 3. The number of hydrogen-bond donors (Lipinski definition) is 0. The Balaban J connectivity index is 4.50. The van der Waals surface area contributed by atoms with Gasteiger partial charge in [0.15, 0.2) is 6.10 Å². The lowest BCUT2D eigenvalue weighted by molar-refractivity contribution is -0.166. The van der Waals surface area contributed by atoms with Crippen molar-refractivity contribution in [2.24, 2.45) is 0 Å². The minimum absolute atomic E-state index is 0.102. The Morgan fingerprint density at radius 3 is 0.986 bits per heavy atom. The molecule has 0 saturated carbocycles. The molecule has 6 heteroatoms. The van der Waals surface area contributed by atoms with Crippen LogP contribution >= 0.6 is 0 Å². The van der Waals surface area contributed by atoms with E-state index in [9.17, 15) is 14.4 Å². The summed E-state index contributed by atoms with van der Waals surface area (Å²) >= 11 is 0. The fraction of sp³-hybridized carbons (Fsp3) is 0.703. The molecule has 0 aliphatic heterocycles. The molecule has 0 unspecified atom stereocenters. The number of rotatable bonds is 52. The van der Waals surface area contributed by atoms with Crippen molar-refractivity contribution >= 4 is 17.9 Å². The maximum atomic E-state index is 12.9. The van der Waals surface area contributed by atoms with Crippen LogP contribution in [-0.4, -0.2) is 37.2 Å². The highest BCUT2D eigenvalue weighted by Crippen LogP contribution is 2.16. The second-order valence-electron chi connectivity index (χ2n) is 19.2. The fourth-order valence-corrected chi connectivity index (χ4v) is 7.97. The van der Waals surface area contributed by atoms with Crippen LogP contribution in [0.25, 0.3) is 0 Å². The van der Waals surface area contributed by atoms with Crippen LogP contribution in [0.5, 0.6) is 0 Å². The van der Waals surface area contributed by atoms with Gasteiger partial charge in [0, 0.05) is 19.3 Å². The molecule has 0 fully saturated rings. The SMILES string of the molecule is CC/C=C\C/C=C\C/C=C\C/C=C\C/C=C\C/C=C\CCC(=O)OC[C@@H](COC(=O)CCCCCCCCCCCCCCCCCC)OC(=O)CCCCCCCCC/C=C\C/C=C\CCCCC. The van der Waals surface area contributed by atoms with E-state index in [0.29, 0.717) is 19.3 Å². The van der Waals surface area contributed by atoms with E-state index in [1.165, 1.54) is 135 Å². The third kappa shape index (κ3) is 55.3. The quantitative estimate of drug-likeness (QED) is 0.0262. The minimum atomic E-state index is -0.812. The Bertz CT molecular complexity index is 1400. The molecule has 400 valence electrons. The van der Waals surface area contributed by atoms with Crippen LogP contribution < -0.4 is 0 Å². The highest BCUT2D eigenvalue weighted by Gasteiger charge is 2.19. The van der Waals surface area contributed by atoms with Gasteiger partial charge in [0.25, 0.3) is 0 Å².